The largest absolute Gasteiger partial charge is 0.497 e. The Labute approximate surface area is 115 Å². The Kier molecular flexibility index (Phi) is 2.29. The maximum atomic E-state index is 5.30. The van der Waals surface area contributed by atoms with Gasteiger partial charge in [-0.25, -0.2) is 4.98 Å². The van der Waals surface area contributed by atoms with Crippen LogP contribution >= 0.6 is 0 Å². The van der Waals surface area contributed by atoms with Crippen LogP contribution in [0, 0.1) is 0 Å². The molecule has 98 valence electrons. The van der Waals surface area contributed by atoms with Crippen LogP contribution in [-0.2, 0) is 0 Å². The first-order chi connectivity index (χ1) is 9.85. The van der Waals surface area contributed by atoms with E-state index >= 15 is 0 Å². The predicted molar refractivity (Wildman–Crippen MR) is 79.9 cm³/mol. The van der Waals surface area contributed by atoms with Crippen molar-refractivity contribution in [2.45, 2.75) is 0 Å². The highest BCUT2D eigenvalue weighted by atomic mass is 16.5. The number of rotatable bonds is 2. The van der Waals surface area contributed by atoms with Crippen molar-refractivity contribution >= 4 is 21.9 Å². The second-order valence-electron chi connectivity index (χ2n) is 4.72. The molecule has 0 fully saturated rings. The quantitative estimate of drug-likeness (QED) is 0.579. The molecule has 20 heavy (non-hydrogen) atoms. The van der Waals surface area contributed by atoms with E-state index in [1.165, 1.54) is 0 Å². The van der Waals surface area contributed by atoms with Crippen LogP contribution < -0.4 is 4.74 Å². The normalized spacial score (nSPS) is 11.2. The first-order valence-corrected chi connectivity index (χ1v) is 6.45. The van der Waals surface area contributed by atoms with E-state index in [0.29, 0.717) is 0 Å². The van der Waals surface area contributed by atoms with Gasteiger partial charge in [-0.3, -0.25) is 0 Å². The summed E-state index contributed by atoms with van der Waals surface area (Å²) in [5, 5.41) is 1.10. The molecule has 4 nitrogen and oxygen atoms in total. The van der Waals surface area contributed by atoms with Gasteiger partial charge in [0.1, 0.15) is 11.6 Å². The van der Waals surface area contributed by atoms with Gasteiger partial charge in [0.05, 0.1) is 18.1 Å². The Morgan fingerprint density at radius 3 is 2.80 bits per heavy atom. The summed E-state index contributed by atoms with van der Waals surface area (Å²) < 4.78 is 5.30. The number of nitrogens with one attached hydrogen (secondary N) is 2. The number of imidazole rings is 1. The molecule has 0 atom stereocenters. The molecule has 0 aliphatic heterocycles. The fourth-order valence-corrected chi connectivity index (χ4v) is 2.50. The highest BCUT2D eigenvalue weighted by Crippen LogP contribution is 2.30. The zero-order valence-electron chi connectivity index (χ0n) is 11.0. The molecule has 4 heteroatoms. The van der Waals surface area contributed by atoms with Crippen molar-refractivity contribution < 1.29 is 4.74 Å². The highest BCUT2D eigenvalue weighted by Gasteiger charge is 2.11. The summed E-state index contributed by atoms with van der Waals surface area (Å²) in [6.07, 6.45) is 1.97. The van der Waals surface area contributed by atoms with E-state index in [2.05, 4.69) is 15.0 Å². The van der Waals surface area contributed by atoms with Gasteiger partial charge in [0.15, 0.2) is 0 Å². The summed E-state index contributed by atoms with van der Waals surface area (Å²) in [7, 11) is 1.68. The standard InChI is InChI=1S/C16H13N3O/c1-20-10-6-7-13-11(8-10)12(9-17-13)16-18-14-4-2-3-5-15(14)19-16/h2-9,17H,1H3,(H,18,19). The van der Waals surface area contributed by atoms with Gasteiger partial charge in [0.2, 0.25) is 0 Å². The fraction of sp³-hybridized carbons (Fsp3) is 0.0625. The molecule has 0 aliphatic carbocycles. The number of nitrogens with zero attached hydrogens (tertiary/aromatic N) is 1. The minimum absolute atomic E-state index is 0.842. The number of hydrogen-bond donors (Lipinski definition) is 2. The maximum Gasteiger partial charge on any atom is 0.140 e. The number of aromatic amines is 2. The average Bonchev–Trinajstić information content (AvgIpc) is 3.09. The van der Waals surface area contributed by atoms with Crippen molar-refractivity contribution in [3.05, 3.63) is 48.7 Å². The van der Waals surface area contributed by atoms with Crippen molar-refractivity contribution in [2.75, 3.05) is 7.11 Å². The van der Waals surface area contributed by atoms with Gasteiger partial charge in [0, 0.05) is 22.7 Å². The third-order valence-corrected chi connectivity index (χ3v) is 3.53. The highest BCUT2D eigenvalue weighted by molar-refractivity contribution is 5.96. The van der Waals surface area contributed by atoms with Gasteiger partial charge in [-0.15, -0.1) is 0 Å². The van der Waals surface area contributed by atoms with Crippen molar-refractivity contribution in [1.29, 1.82) is 0 Å². The zero-order valence-corrected chi connectivity index (χ0v) is 11.0. The molecule has 2 aromatic carbocycles. The van der Waals surface area contributed by atoms with Crippen LogP contribution in [-0.4, -0.2) is 22.1 Å². The van der Waals surface area contributed by atoms with Gasteiger partial charge in [-0.2, -0.15) is 0 Å². The van der Waals surface area contributed by atoms with Crippen LogP contribution in [0.15, 0.2) is 48.7 Å². The predicted octanol–water partition coefficient (Wildman–Crippen LogP) is 3.72. The molecule has 2 aromatic heterocycles. The zero-order chi connectivity index (χ0) is 13.5. The number of methoxy groups -OCH3 is 1. The summed E-state index contributed by atoms with van der Waals surface area (Å²) in [6.45, 7) is 0. The van der Waals surface area contributed by atoms with Crippen LogP contribution in [0.2, 0.25) is 0 Å². The molecule has 4 rings (SSSR count). The molecule has 2 heterocycles. The molecule has 0 unspecified atom stereocenters. The summed E-state index contributed by atoms with van der Waals surface area (Å²) in [6, 6.07) is 14.0. The molecule has 0 spiro atoms. The Morgan fingerprint density at radius 1 is 1.05 bits per heavy atom. The van der Waals surface area contributed by atoms with Gasteiger partial charge in [0.25, 0.3) is 0 Å². The summed E-state index contributed by atoms with van der Waals surface area (Å²) in [5.41, 5.74) is 4.14. The number of fused-ring (bicyclic) bond motifs is 2. The second kappa shape index (κ2) is 4.13. The number of H-pyrrole nitrogens is 2. The Morgan fingerprint density at radius 2 is 1.95 bits per heavy atom. The number of para-hydroxylation sites is 2. The monoisotopic (exact) mass is 263 g/mol. The lowest BCUT2D eigenvalue weighted by molar-refractivity contribution is 0.415. The second-order valence-corrected chi connectivity index (χ2v) is 4.72. The lowest BCUT2D eigenvalue weighted by atomic mass is 10.1. The van der Waals surface area contributed by atoms with Gasteiger partial charge < -0.3 is 14.7 Å². The van der Waals surface area contributed by atoms with Crippen molar-refractivity contribution in [3.63, 3.8) is 0 Å². The summed E-state index contributed by atoms with van der Waals surface area (Å²) in [4.78, 5) is 11.3. The Balaban J connectivity index is 1.96. The topological polar surface area (TPSA) is 53.7 Å². The van der Waals surface area contributed by atoms with Crippen LogP contribution in [0.4, 0.5) is 0 Å². The van der Waals surface area contributed by atoms with Crippen LogP contribution in [0.3, 0.4) is 0 Å². The fourth-order valence-electron chi connectivity index (χ4n) is 2.50. The van der Waals surface area contributed by atoms with Crippen molar-refractivity contribution in [2.24, 2.45) is 0 Å². The first kappa shape index (κ1) is 11.1. The van der Waals surface area contributed by atoms with E-state index in [0.717, 1.165) is 39.1 Å². The van der Waals surface area contributed by atoms with Crippen molar-refractivity contribution in [1.82, 2.24) is 15.0 Å². The van der Waals surface area contributed by atoms with E-state index < -0.39 is 0 Å². The molecule has 0 bridgehead atoms. The Hall–Kier alpha value is -2.75. The van der Waals surface area contributed by atoms with Gasteiger partial charge >= 0.3 is 0 Å². The molecule has 4 aromatic rings. The average molecular weight is 263 g/mol. The summed E-state index contributed by atoms with van der Waals surface area (Å²) >= 11 is 0. The van der Waals surface area contributed by atoms with E-state index in [1.807, 2.05) is 48.7 Å². The molecule has 0 radical (unpaired) electrons. The molecule has 2 N–H and O–H groups in total. The van der Waals surface area contributed by atoms with E-state index in [1.54, 1.807) is 7.11 Å². The van der Waals surface area contributed by atoms with Gasteiger partial charge in [-0.1, -0.05) is 12.1 Å². The summed E-state index contributed by atoms with van der Waals surface area (Å²) in [5.74, 6) is 1.71. The molecular weight excluding hydrogens is 250 g/mol. The lowest BCUT2D eigenvalue weighted by Gasteiger charge is -2.00. The minimum atomic E-state index is 0.842. The van der Waals surface area contributed by atoms with E-state index in [-0.39, 0.29) is 0 Å². The SMILES string of the molecule is COc1ccc2[nH]cc(-c3nc4ccccc4[nH]3)c2c1. The van der Waals surface area contributed by atoms with Crippen molar-refractivity contribution in [3.8, 4) is 17.1 Å². The molecule has 0 saturated carbocycles. The van der Waals surface area contributed by atoms with Crippen LogP contribution in [0.25, 0.3) is 33.3 Å². The number of aromatic nitrogens is 3. The molecule has 0 saturated heterocycles. The number of hydrogen-bond acceptors (Lipinski definition) is 2. The maximum absolute atomic E-state index is 5.30. The van der Waals surface area contributed by atoms with Crippen LogP contribution in [0.5, 0.6) is 5.75 Å². The van der Waals surface area contributed by atoms with Gasteiger partial charge in [-0.05, 0) is 30.3 Å². The lowest BCUT2D eigenvalue weighted by Crippen LogP contribution is -1.82. The van der Waals surface area contributed by atoms with E-state index in [4.69, 9.17) is 4.74 Å². The molecule has 0 amide bonds. The van der Waals surface area contributed by atoms with E-state index in [9.17, 15) is 0 Å². The third kappa shape index (κ3) is 1.58. The first-order valence-electron chi connectivity index (χ1n) is 6.45. The minimum Gasteiger partial charge on any atom is -0.497 e. The van der Waals surface area contributed by atoms with Crippen LogP contribution in [0.1, 0.15) is 0 Å². The third-order valence-electron chi connectivity index (χ3n) is 3.53. The smallest absolute Gasteiger partial charge is 0.140 e. The number of benzene rings is 2. The Bertz CT molecular complexity index is 871. The molecule has 0 aliphatic rings. The molecular formula is C16H13N3O. The number of ether oxygens (including phenoxy) is 1.